The standard InChI is InChI=1S/C12H20N2OS/c1-7(11(13)16)14(2)12(15)10-6-8-3-4-9(10)5-8/h7-10H,3-6H2,1-2H3,(H2,13,16). The average Bonchev–Trinajstić information content (AvgIpc) is 2.87. The van der Waals surface area contributed by atoms with Gasteiger partial charge in [-0.05, 0) is 38.0 Å². The summed E-state index contributed by atoms with van der Waals surface area (Å²) in [6.45, 7) is 1.90. The van der Waals surface area contributed by atoms with Crippen molar-refractivity contribution in [3.8, 4) is 0 Å². The maximum Gasteiger partial charge on any atom is 0.226 e. The normalized spacial score (nSPS) is 33.8. The van der Waals surface area contributed by atoms with E-state index in [1.54, 1.807) is 4.90 Å². The summed E-state index contributed by atoms with van der Waals surface area (Å²) in [7, 11) is 1.82. The van der Waals surface area contributed by atoms with Crippen molar-refractivity contribution in [3.63, 3.8) is 0 Å². The topological polar surface area (TPSA) is 46.3 Å². The minimum absolute atomic E-state index is 0.123. The van der Waals surface area contributed by atoms with Gasteiger partial charge in [-0.25, -0.2) is 0 Å². The number of thiocarbonyl (C=S) groups is 1. The van der Waals surface area contributed by atoms with Gasteiger partial charge in [-0.15, -0.1) is 0 Å². The summed E-state index contributed by atoms with van der Waals surface area (Å²) in [5.41, 5.74) is 5.59. The molecular weight excluding hydrogens is 220 g/mol. The van der Waals surface area contributed by atoms with Crippen LogP contribution in [0.1, 0.15) is 32.6 Å². The number of fused-ring (bicyclic) bond motifs is 2. The molecule has 0 aromatic rings. The summed E-state index contributed by atoms with van der Waals surface area (Å²) in [6, 6.07) is -0.123. The van der Waals surface area contributed by atoms with Gasteiger partial charge in [0.15, 0.2) is 0 Å². The number of carbonyl (C=O) groups is 1. The SMILES string of the molecule is CC(C(N)=S)N(C)C(=O)C1CC2CCC1C2. The van der Waals surface area contributed by atoms with E-state index in [2.05, 4.69) is 0 Å². The van der Waals surface area contributed by atoms with Crippen LogP contribution in [0.25, 0.3) is 0 Å². The fourth-order valence-corrected chi connectivity index (χ4v) is 3.35. The Morgan fingerprint density at radius 2 is 2.12 bits per heavy atom. The van der Waals surface area contributed by atoms with Gasteiger partial charge in [0, 0.05) is 13.0 Å². The van der Waals surface area contributed by atoms with E-state index in [4.69, 9.17) is 18.0 Å². The Balaban J connectivity index is 2.00. The van der Waals surface area contributed by atoms with E-state index in [1.165, 1.54) is 19.3 Å². The van der Waals surface area contributed by atoms with E-state index in [1.807, 2.05) is 14.0 Å². The minimum atomic E-state index is -0.123. The Hall–Kier alpha value is -0.640. The Labute approximate surface area is 102 Å². The van der Waals surface area contributed by atoms with E-state index in [0.29, 0.717) is 10.9 Å². The van der Waals surface area contributed by atoms with E-state index < -0.39 is 0 Å². The van der Waals surface area contributed by atoms with Gasteiger partial charge in [-0.2, -0.15) is 0 Å². The summed E-state index contributed by atoms with van der Waals surface area (Å²) < 4.78 is 0. The molecule has 2 N–H and O–H groups in total. The van der Waals surface area contributed by atoms with Crippen molar-refractivity contribution in [2.75, 3.05) is 7.05 Å². The number of rotatable bonds is 3. The molecule has 2 aliphatic rings. The second-order valence-corrected chi connectivity index (χ2v) is 5.78. The van der Waals surface area contributed by atoms with Crippen LogP contribution >= 0.6 is 12.2 Å². The lowest BCUT2D eigenvalue weighted by atomic mass is 9.87. The molecule has 2 bridgehead atoms. The predicted octanol–water partition coefficient (Wildman–Crippen LogP) is 1.56. The molecule has 2 aliphatic carbocycles. The first-order chi connectivity index (χ1) is 7.50. The summed E-state index contributed by atoms with van der Waals surface area (Å²) in [6.07, 6.45) is 4.89. The number of nitrogens with two attached hydrogens (primary N) is 1. The Kier molecular flexibility index (Phi) is 3.19. The van der Waals surface area contributed by atoms with Crippen LogP contribution in [0.3, 0.4) is 0 Å². The fraction of sp³-hybridized carbons (Fsp3) is 0.833. The fourth-order valence-electron chi connectivity index (χ4n) is 3.19. The third-order valence-corrected chi connectivity index (χ3v) is 4.74. The molecule has 90 valence electrons. The molecule has 0 heterocycles. The molecule has 4 heteroatoms. The molecule has 0 aliphatic heterocycles. The van der Waals surface area contributed by atoms with Crippen LogP contribution in [0.5, 0.6) is 0 Å². The molecule has 0 spiro atoms. The lowest BCUT2D eigenvalue weighted by molar-refractivity contribution is -0.136. The first kappa shape index (κ1) is 11.8. The van der Waals surface area contributed by atoms with Gasteiger partial charge >= 0.3 is 0 Å². The van der Waals surface area contributed by atoms with Crippen molar-refractivity contribution >= 4 is 23.1 Å². The van der Waals surface area contributed by atoms with E-state index >= 15 is 0 Å². The van der Waals surface area contributed by atoms with Gasteiger partial charge in [0.05, 0.1) is 11.0 Å². The van der Waals surface area contributed by atoms with Gasteiger partial charge in [0.1, 0.15) is 0 Å². The number of hydrogen-bond acceptors (Lipinski definition) is 2. The lowest BCUT2D eigenvalue weighted by Crippen LogP contribution is -2.46. The van der Waals surface area contributed by atoms with Crippen LogP contribution in [0, 0.1) is 17.8 Å². The number of nitrogens with zero attached hydrogens (tertiary/aromatic N) is 1. The van der Waals surface area contributed by atoms with Gasteiger partial charge in [0.2, 0.25) is 5.91 Å². The molecule has 0 aromatic carbocycles. The van der Waals surface area contributed by atoms with Crippen LogP contribution in [-0.4, -0.2) is 28.9 Å². The van der Waals surface area contributed by atoms with Crippen molar-refractivity contribution in [3.05, 3.63) is 0 Å². The van der Waals surface area contributed by atoms with Crippen LogP contribution < -0.4 is 5.73 Å². The summed E-state index contributed by atoms with van der Waals surface area (Å²) in [4.78, 5) is 14.4. The quantitative estimate of drug-likeness (QED) is 0.761. The van der Waals surface area contributed by atoms with Crippen LogP contribution in [0.2, 0.25) is 0 Å². The lowest BCUT2D eigenvalue weighted by Gasteiger charge is -2.30. The van der Waals surface area contributed by atoms with Crippen molar-refractivity contribution in [1.29, 1.82) is 0 Å². The number of hydrogen-bond donors (Lipinski definition) is 1. The smallest absolute Gasteiger partial charge is 0.226 e. The molecule has 4 unspecified atom stereocenters. The summed E-state index contributed by atoms with van der Waals surface area (Å²) in [5.74, 6) is 1.90. The van der Waals surface area contributed by atoms with Crippen molar-refractivity contribution in [1.82, 2.24) is 4.90 Å². The molecule has 2 fully saturated rings. The highest BCUT2D eigenvalue weighted by Gasteiger charge is 2.44. The zero-order chi connectivity index (χ0) is 11.9. The van der Waals surface area contributed by atoms with Crippen molar-refractivity contribution in [2.45, 2.75) is 38.6 Å². The largest absolute Gasteiger partial charge is 0.392 e. The number of likely N-dealkylation sites (N-methyl/N-ethyl adjacent to an activating group) is 1. The van der Waals surface area contributed by atoms with Crippen LogP contribution in [-0.2, 0) is 4.79 Å². The highest BCUT2D eigenvalue weighted by Crippen LogP contribution is 2.48. The Morgan fingerprint density at radius 1 is 1.44 bits per heavy atom. The molecule has 0 radical (unpaired) electrons. The van der Waals surface area contributed by atoms with E-state index in [-0.39, 0.29) is 17.9 Å². The second kappa shape index (κ2) is 4.32. The Morgan fingerprint density at radius 3 is 2.56 bits per heavy atom. The van der Waals surface area contributed by atoms with Crippen molar-refractivity contribution in [2.24, 2.45) is 23.5 Å². The maximum atomic E-state index is 12.3. The first-order valence-electron chi connectivity index (χ1n) is 6.06. The molecule has 16 heavy (non-hydrogen) atoms. The van der Waals surface area contributed by atoms with Gasteiger partial charge in [0.25, 0.3) is 0 Å². The van der Waals surface area contributed by atoms with Crippen molar-refractivity contribution < 1.29 is 4.79 Å². The van der Waals surface area contributed by atoms with Crippen LogP contribution in [0.15, 0.2) is 0 Å². The molecule has 0 saturated heterocycles. The third kappa shape index (κ3) is 1.95. The first-order valence-corrected chi connectivity index (χ1v) is 6.47. The molecule has 2 saturated carbocycles. The van der Waals surface area contributed by atoms with Gasteiger partial charge in [-0.1, -0.05) is 18.6 Å². The van der Waals surface area contributed by atoms with E-state index in [9.17, 15) is 4.79 Å². The highest BCUT2D eigenvalue weighted by molar-refractivity contribution is 7.80. The number of amides is 1. The van der Waals surface area contributed by atoms with E-state index in [0.717, 1.165) is 12.3 Å². The average molecular weight is 240 g/mol. The third-order valence-electron chi connectivity index (χ3n) is 4.40. The van der Waals surface area contributed by atoms with Gasteiger partial charge in [-0.3, -0.25) is 4.79 Å². The molecule has 3 nitrogen and oxygen atoms in total. The minimum Gasteiger partial charge on any atom is -0.392 e. The molecular formula is C12H20N2OS. The molecule has 2 rings (SSSR count). The Bertz CT molecular complexity index is 318. The summed E-state index contributed by atoms with van der Waals surface area (Å²) in [5, 5.41) is 0. The zero-order valence-corrected chi connectivity index (χ0v) is 10.8. The maximum absolute atomic E-state index is 12.3. The van der Waals surface area contributed by atoms with Gasteiger partial charge < -0.3 is 10.6 Å². The monoisotopic (exact) mass is 240 g/mol. The zero-order valence-electron chi connectivity index (χ0n) is 9.98. The summed E-state index contributed by atoms with van der Waals surface area (Å²) >= 11 is 4.94. The second-order valence-electron chi connectivity index (χ2n) is 5.31. The van der Waals surface area contributed by atoms with Crippen LogP contribution in [0.4, 0.5) is 0 Å². The molecule has 0 aromatic heterocycles. The molecule has 1 amide bonds. The highest BCUT2D eigenvalue weighted by atomic mass is 32.1. The molecule has 4 atom stereocenters. The predicted molar refractivity (Wildman–Crippen MR) is 68.0 cm³/mol. The number of carbonyl (C=O) groups excluding carboxylic acids is 1.